The van der Waals surface area contributed by atoms with Gasteiger partial charge in [0, 0.05) is 18.6 Å². The molecular formula is C17H27FN2. The van der Waals surface area contributed by atoms with Crippen molar-refractivity contribution in [2.75, 3.05) is 6.54 Å². The smallest absolute Gasteiger partial charge is 0.123 e. The van der Waals surface area contributed by atoms with E-state index in [0.29, 0.717) is 12.1 Å². The summed E-state index contributed by atoms with van der Waals surface area (Å²) in [6, 6.07) is 6.10. The second-order valence-corrected chi connectivity index (χ2v) is 6.11. The molecule has 0 unspecified atom stereocenters. The summed E-state index contributed by atoms with van der Waals surface area (Å²) in [5, 5.41) is 0. The van der Waals surface area contributed by atoms with Gasteiger partial charge in [0.05, 0.1) is 0 Å². The summed E-state index contributed by atoms with van der Waals surface area (Å²) < 4.78 is 13.4. The average molecular weight is 278 g/mol. The first-order valence-corrected chi connectivity index (χ1v) is 7.84. The highest BCUT2D eigenvalue weighted by Crippen LogP contribution is 2.24. The van der Waals surface area contributed by atoms with Crippen LogP contribution in [-0.2, 0) is 6.54 Å². The van der Waals surface area contributed by atoms with Crippen LogP contribution in [0.3, 0.4) is 0 Å². The fourth-order valence-corrected chi connectivity index (χ4v) is 3.17. The number of halogens is 1. The minimum Gasteiger partial charge on any atom is -0.328 e. The van der Waals surface area contributed by atoms with Crippen molar-refractivity contribution in [3.8, 4) is 0 Å². The van der Waals surface area contributed by atoms with Gasteiger partial charge in [-0.1, -0.05) is 13.0 Å². The molecule has 1 aromatic carbocycles. The third-order valence-electron chi connectivity index (χ3n) is 4.45. The standard InChI is InChI=1S/C17H27FN2/c1-3-10-20(17-8-6-16(19)7-9-17)12-14-11-15(18)5-4-13(14)2/h4-5,11,16-17H,3,6-10,12,19H2,1-2H3. The summed E-state index contributed by atoms with van der Waals surface area (Å²) in [5.74, 6) is -0.132. The normalized spacial score (nSPS) is 23.2. The summed E-state index contributed by atoms with van der Waals surface area (Å²) >= 11 is 0. The molecule has 0 aromatic heterocycles. The highest BCUT2D eigenvalue weighted by molar-refractivity contribution is 5.26. The van der Waals surface area contributed by atoms with E-state index in [1.165, 1.54) is 18.4 Å². The van der Waals surface area contributed by atoms with E-state index in [2.05, 4.69) is 18.7 Å². The largest absolute Gasteiger partial charge is 0.328 e. The Labute approximate surface area is 122 Å². The number of nitrogens with zero attached hydrogens (tertiary/aromatic N) is 1. The maximum Gasteiger partial charge on any atom is 0.123 e. The topological polar surface area (TPSA) is 29.3 Å². The van der Waals surface area contributed by atoms with Crippen LogP contribution in [0, 0.1) is 12.7 Å². The Morgan fingerprint density at radius 2 is 1.95 bits per heavy atom. The van der Waals surface area contributed by atoms with Crippen LogP contribution in [0.2, 0.25) is 0 Å². The van der Waals surface area contributed by atoms with Gasteiger partial charge in [-0.15, -0.1) is 0 Å². The van der Waals surface area contributed by atoms with Gasteiger partial charge in [-0.05, 0) is 68.8 Å². The third kappa shape index (κ3) is 4.03. The molecule has 1 aliphatic rings. The van der Waals surface area contributed by atoms with Crippen LogP contribution in [0.15, 0.2) is 18.2 Å². The lowest BCUT2D eigenvalue weighted by Gasteiger charge is -2.36. The highest BCUT2D eigenvalue weighted by Gasteiger charge is 2.24. The fraction of sp³-hybridized carbons (Fsp3) is 0.647. The zero-order valence-corrected chi connectivity index (χ0v) is 12.7. The number of rotatable bonds is 5. The first-order chi connectivity index (χ1) is 9.60. The van der Waals surface area contributed by atoms with Crippen LogP contribution >= 0.6 is 0 Å². The van der Waals surface area contributed by atoms with Crippen molar-refractivity contribution in [3.05, 3.63) is 35.1 Å². The Bertz CT molecular complexity index is 425. The molecule has 2 rings (SSSR count). The maximum absolute atomic E-state index is 13.4. The number of hydrogen-bond donors (Lipinski definition) is 1. The summed E-state index contributed by atoms with van der Waals surface area (Å²) in [5.41, 5.74) is 8.30. The molecule has 0 spiro atoms. The maximum atomic E-state index is 13.4. The Balaban J connectivity index is 2.06. The van der Waals surface area contributed by atoms with Crippen LogP contribution in [0.25, 0.3) is 0 Å². The fourth-order valence-electron chi connectivity index (χ4n) is 3.17. The molecule has 0 bridgehead atoms. The van der Waals surface area contributed by atoms with Crippen molar-refractivity contribution in [1.29, 1.82) is 0 Å². The van der Waals surface area contributed by atoms with Crippen LogP contribution in [0.5, 0.6) is 0 Å². The van der Waals surface area contributed by atoms with E-state index >= 15 is 0 Å². The molecule has 112 valence electrons. The van der Waals surface area contributed by atoms with Gasteiger partial charge in [0.15, 0.2) is 0 Å². The number of aryl methyl sites for hydroxylation is 1. The summed E-state index contributed by atoms with van der Waals surface area (Å²) in [6.07, 6.45) is 5.72. The van der Waals surface area contributed by atoms with E-state index in [1.54, 1.807) is 12.1 Å². The average Bonchev–Trinajstić information content (AvgIpc) is 2.43. The summed E-state index contributed by atoms with van der Waals surface area (Å²) in [7, 11) is 0. The minimum atomic E-state index is -0.132. The van der Waals surface area contributed by atoms with Gasteiger partial charge < -0.3 is 5.73 Å². The van der Waals surface area contributed by atoms with Gasteiger partial charge in [0.25, 0.3) is 0 Å². The van der Waals surface area contributed by atoms with Crippen molar-refractivity contribution in [1.82, 2.24) is 4.90 Å². The molecule has 1 saturated carbocycles. The molecule has 0 amide bonds. The lowest BCUT2D eigenvalue weighted by Crippen LogP contribution is -2.41. The van der Waals surface area contributed by atoms with Gasteiger partial charge in [-0.2, -0.15) is 0 Å². The number of nitrogens with two attached hydrogens (primary N) is 1. The van der Waals surface area contributed by atoms with Crippen LogP contribution in [-0.4, -0.2) is 23.5 Å². The molecule has 1 aromatic rings. The monoisotopic (exact) mass is 278 g/mol. The lowest BCUT2D eigenvalue weighted by atomic mass is 9.90. The molecule has 2 N–H and O–H groups in total. The summed E-state index contributed by atoms with van der Waals surface area (Å²) in [4.78, 5) is 2.52. The zero-order valence-electron chi connectivity index (χ0n) is 12.7. The van der Waals surface area contributed by atoms with Crippen molar-refractivity contribution < 1.29 is 4.39 Å². The third-order valence-corrected chi connectivity index (χ3v) is 4.45. The molecule has 20 heavy (non-hydrogen) atoms. The van der Waals surface area contributed by atoms with E-state index in [1.807, 2.05) is 6.07 Å². The van der Waals surface area contributed by atoms with E-state index in [9.17, 15) is 4.39 Å². The van der Waals surface area contributed by atoms with E-state index < -0.39 is 0 Å². The van der Waals surface area contributed by atoms with Gasteiger partial charge >= 0.3 is 0 Å². The first-order valence-electron chi connectivity index (χ1n) is 7.84. The molecule has 0 heterocycles. The predicted octanol–water partition coefficient (Wildman–Crippen LogP) is 3.62. The van der Waals surface area contributed by atoms with E-state index in [0.717, 1.165) is 37.9 Å². The van der Waals surface area contributed by atoms with Crippen molar-refractivity contribution >= 4 is 0 Å². The lowest BCUT2D eigenvalue weighted by molar-refractivity contribution is 0.141. The molecule has 1 fully saturated rings. The minimum absolute atomic E-state index is 0.132. The molecule has 0 atom stereocenters. The Hall–Kier alpha value is -0.930. The van der Waals surface area contributed by atoms with Crippen molar-refractivity contribution in [2.45, 2.75) is 64.6 Å². The second kappa shape index (κ2) is 7.19. The molecule has 1 aliphatic carbocycles. The quantitative estimate of drug-likeness (QED) is 0.891. The number of benzene rings is 1. The Kier molecular flexibility index (Phi) is 5.55. The molecular weight excluding hydrogens is 251 g/mol. The Morgan fingerprint density at radius 1 is 1.25 bits per heavy atom. The molecule has 2 nitrogen and oxygen atoms in total. The summed E-state index contributed by atoms with van der Waals surface area (Å²) in [6.45, 7) is 6.21. The Morgan fingerprint density at radius 3 is 2.60 bits per heavy atom. The van der Waals surface area contributed by atoms with Gasteiger partial charge in [0.1, 0.15) is 5.82 Å². The predicted molar refractivity (Wildman–Crippen MR) is 82.1 cm³/mol. The highest BCUT2D eigenvalue weighted by atomic mass is 19.1. The van der Waals surface area contributed by atoms with E-state index in [4.69, 9.17) is 5.73 Å². The first kappa shape index (κ1) is 15.5. The number of hydrogen-bond acceptors (Lipinski definition) is 2. The van der Waals surface area contributed by atoms with Crippen molar-refractivity contribution in [2.24, 2.45) is 5.73 Å². The molecule has 3 heteroatoms. The zero-order chi connectivity index (χ0) is 14.5. The van der Waals surface area contributed by atoms with E-state index in [-0.39, 0.29) is 5.82 Å². The van der Waals surface area contributed by atoms with Gasteiger partial charge in [-0.3, -0.25) is 4.90 Å². The van der Waals surface area contributed by atoms with Gasteiger partial charge in [-0.25, -0.2) is 4.39 Å². The second-order valence-electron chi connectivity index (χ2n) is 6.11. The van der Waals surface area contributed by atoms with Gasteiger partial charge in [0.2, 0.25) is 0 Å². The molecule has 0 aliphatic heterocycles. The SMILES string of the molecule is CCCN(Cc1cc(F)ccc1C)C1CCC(N)CC1. The molecule has 0 saturated heterocycles. The molecule has 0 radical (unpaired) electrons. The van der Waals surface area contributed by atoms with Crippen LogP contribution in [0.4, 0.5) is 4.39 Å². The van der Waals surface area contributed by atoms with Crippen LogP contribution in [0.1, 0.15) is 50.2 Å². The van der Waals surface area contributed by atoms with Crippen LogP contribution < -0.4 is 5.73 Å². The van der Waals surface area contributed by atoms with Crippen molar-refractivity contribution in [3.63, 3.8) is 0 Å².